The van der Waals surface area contributed by atoms with Gasteiger partial charge in [0.25, 0.3) is 0 Å². The first-order valence-electron chi connectivity index (χ1n) is 9.41. The van der Waals surface area contributed by atoms with Crippen molar-refractivity contribution in [2.75, 3.05) is 0 Å². The van der Waals surface area contributed by atoms with Gasteiger partial charge in [0.1, 0.15) is 11.9 Å². The van der Waals surface area contributed by atoms with Crippen LogP contribution in [-0.4, -0.2) is 14.5 Å². The first kappa shape index (κ1) is 19.0. The summed E-state index contributed by atoms with van der Waals surface area (Å²) < 4.78 is 2.17. The molecule has 0 atom stereocenters. The largest absolute Gasteiger partial charge is 0.337 e. The smallest absolute Gasteiger partial charge is 0.149 e. The molecule has 1 N–H and O–H groups in total. The lowest BCUT2D eigenvalue weighted by Gasteiger charge is -2.13. The molecule has 0 unspecified atom stereocenters. The van der Waals surface area contributed by atoms with Gasteiger partial charge < -0.3 is 9.55 Å². The minimum atomic E-state index is 0.502. The van der Waals surface area contributed by atoms with E-state index in [1.165, 1.54) is 0 Å². The number of H-pyrrole nitrogens is 1. The Balaban J connectivity index is 1.82. The molecule has 4 rings (SSSR count). The third kappa shape index (κ3) is 3.46. The van der Waals surface area contributed by atoms with Crippen LogP contribution in [0.25, 0.3) is 28.4 Å². The normalized spacial score (nSPS) is 11.8. The summed E-state index contributed by atoms with van der Waals surface area (Å²) in [5.41, 5.74) is 8.73. The maximum atomic E-state index is 9.78. The van der Waals surface area contributed by atoms with E-state index in [0.29, 0.717) is 16.4 Å². The van der Waals surface area contributed by atoms with Crippen molar-refractivity contribution >= 4 is 34.3 Å². The summed E-state index contributed by atoms with van der Waals surface area (Å²) in [6.07, 6.45) is 1.89. The van der Waals surface area contributed by atoms with E-state index in [1.807, 2.05) is 49.4 Å². The van der Waals surface area contributed by atoms with Crippen LogP contribution >= 0.6 is 11.6 Å². The third-order valence-electron chi connectivity index (χ3n) is 5.20. The van der Waals surface area contributed by atoms with Gasteiger partial charge in [0.05, 0.1) is 16.6 Å². The molecule has 2 aromatic carbocycles. The lowest BCUT2D eigenvalue weighted by atomic mass is 10.1. The summed E-state index contributed by atoms with van der Waals surface area (Å²) >= 11 is 6.23. The summed E-state index contributed by atoms with van der Waals surface area (Å²) in [4.78, 5) is 7.86. The van der Waals surface area contributed by atoms with Crippen LogP contribution in [0.5, 0.6) is 0 Å². The average Bonchev–Trinajstić information content (AvgIpc) is 3.22. The summed E-state index contributed by atoms with van der Waals surface area (Å²) in [7, 11) is 0. The van der Waals surface area contributed by atoms with Crippen LogP contribution in [-0.2, 0) is 0 Å². The van der Waals surface area contributed by atoms with Crippen LogP contribution in [0, 0.1) is 39.0 Å². The molecule has 0 fully saturated rings. The first-order chi connectivity index (χ1) is 13.9. The number of nitrogens with zero attached hydrogens (tertiary/aromatic N) is 3. The summed E-state index contributed by atoms with van der Waals surface area (Å²) in [5.74, 6) is 0.580. The van der Waals surface area contributed by atoms with Gasteiger partial charge in [0.2, 0.25) is 0 Å². The van der Waals surface area contributed by atoms with Crippen molar-refractivity contribution in [1.29, 1.82) is 5.26 Å². The number of nitrogens with one attached hydrogen (secondary N) is 1. The molecule has 0 aliphatic heterocycles. The van der Waals surface area contributed by atoms with Gasteiger partial charge in [-0.15, -0.1) is 0 Å². The highest BCUT2D eigenvalue weighted by Gasteiger charge is 2.14. The molecule has 2 aromatic heterocycles. The number of halogens is 1. The fourth-order valence-corrected chi connectivity index (χ4v) is 3.85. The molecule has 0 aliphatic carbocycles. The van der Waals surface area contributed by atoms with E-state index in [1.54, 1.807) is 0 Å². The van der Waals surface area contributed by atoms with Gasteiger partial charge in [0, 0.05) is 22.1 Å². The second-order valence-corrected chi connectivity index (χ2v) is 7.80. The van der Waals surface area contributed by atoms with E-state index < -0.39 is 0 Å². The van der Waals surface area contributed by atoms with Gasteiger partial charge >= 0.3 is 0 Å². The first-order valence-corrected chi connectivity index (χ1v) is 9.79. The molecule has 4 aromatic rings. The number of aryl methyl sites for hydroxylation is 3. The van der Waals surface area contributed by atoms with Gasteiger partial charge in [-0.05, 0) is 80.8 Å². The third-order valence-corrected chi connectivity index (χ3v) is 5.43. The zero-order valence-corrected chi connectivity index (χ0v) is 17.6. The Bertz CT molecular complexity index is 1310. The quantitative estimate of drug-likeness (QED) is 0.410. The topological polar surface area (TPSA) is 57.4 Å². The van der Waals surface area contributed by atoms with Crippen molar-refractivity contribution < 1.29 is 0 Å². The van der Waals surface area contributed by atoms with Crippen LogP contribution in [0.2, 0.25) is 5.02 Å². The molecule has 29 heavy (non-hydrogen) atoms. The van der Waals surface area contributed by atoms with Crippen molar-refractivity contribution in [2.45, 2.75) is 27.7 Å². The Morgan fingerprint density at radius 3 is 2.66 bits per heavy atom. The van der Waals surface area contributed by atoms with Gasteiger partial charge in [-0.1, -0.05) is 23.7 Å². The number of imidazole rings is 1. The second-order valence-electron chi connectivity index (χ2n) is 7.37. The zero-order chi connectivity index (χ0) is 20.7. The van der Waals surface area contributed by atoms with Crippen molar-refractivity contribution in [3.63, 3.8) is 0 Å². The highest BCUT2D eigenvalue weighted by atomic mass is 35.5. The van der Waals surface area contributed by atoms with E-state index in [-0.39, 0.29) is 0 Å². The molecule has 0 saturated carbocycles. The molecule has 2 heterocycles. The van der Waals surface area contributed by atoms with E-state index in [2.05, 4.69) is 47.4 Å². The monoisotopic (exact) mass is 400 g/mol. The number of aromatic amines is 1. The van der Waals surface area contributed by atoms with E-state index >= 15 is 0 Å². The lowest BCUT2D eigenvalue weighted by Crippen LogP contribution is -2.01. The maximum absolute atomic E-state index is 9.78. The van der Waals surface area contributed by atoms with Crippen molar-refractivity contribution in [1.82, 2.24) is 14.5 Å². The van der Waals surface area contributed by atoms with Gasteiger partial charge in [-0.3, -0.25) is 0 Å². The summed E-state index contributed by atoms with van der Waals surface area (Å²) in [6.45, 7) is 8.21. The number of fused-ring (bicyclic) bond motifs is 1. The number of benzene rings is 2. The van der Waals surface area contributed by atoms with E-state index in [0.717, 1.165) is 44.8 Å². The second kappa shape index (κ2) is 7.27. The Morgan fingerprint density at radius 1 is 1.10 bits per heavy atom. The predicted octanol–water partition coefficient (Wildman–Crippen LogP) is 6.30. The zero-order valence-electron chi connectivity index (χ0n) is 16.8. The predicted molar refractivity (Wildman–Crippen MR) is 119 cm³/mol. The molecule has 5 heteroatoms. The van der Waals surface area contributed by atoms with Crippen LogP contribution in [0.15, 0.2) is 42.5 Å². The molecule has 0 amide bonds. The molecule has 0 saturated heterocycles. The number of hydrogen-bond acceptors (Lipinski definition) is 2. The Hall–Kier alpha value is -3.29. The van der Waals surface area contributed by atoms with Gasteiger partial charge in [-0.25, -0.2) is 4.98 Å². The van der Waals surface area contributed by atoms with Gasteiger partial charge in [-0.2, -0.15) is 5.26 Å². The summed E-state index contributed by atoms with van der Waals surface area (Å²) in [5, 5.41) is 10.5. The number of allylic oxidation sites excluding steroid dienone is 1. The molecule has 0 spiro atoms. The standard InChI is InChI=1S/C24H21ClN4/c1-14-5-8-21-22(9-14)28-24(27-21)19(13-26)11-18-10-16(3)29(17(18)4)23-12-20(25)7-6-15(23)2/h5-12H,1-4H3,(H,27,28)/b19-11-. The number of aromatic nitrogens is 3. The Labute approximate surface area is 175 Å². The average molecular weight is 401 g/mol. The molecule has 4 nitrogen and oxygen atoms in total. The molecular weight excluding hydrogens is 380 g/mol. The number of nitriles is 1. The Kier molecular flexibility index (Phi) is 4.77. The van der Waals surface area contributed by atoms with Crippen molar-refractivity contribution in [3.05, 3.63) is 81.4 Å². The molecule has 144 valence electrons. The van der Waals surface area contributed by atoms with Crippen LogP contribution in [0.3, 0.4) is 0 Å². The van der Waals surface area contributed by atoms with Crippen LogP contribution in [0.4, 0.5) is 0 Å². The van der Waals surface area contributed by atoms with E-state index in [9.17, 15) is 5.26 Å². The van der Waals surface area contributed by atoms with Crippen LogP contribution < -0.4 is 0 Å². The number of hydrogen-bond donors (Lipinski definition) is 1. The van der Waals surface area contributed by atoms with E-state index in [4.69, 9.17) is 11.6 Å². The van der Waals surface area contributed by atoms with Crippen molar-refractivity contribution in [3.8, 4) is 11.8 Å². The fraction of sp³-hybridized carbons (Fsp3) is 0.167. The SMILES string of the molecule is Cc1ccc2nc(/C(C#N)=C\c3cc(C)n(-c4cc(Cl)ccc4C)c3C)[nH]c2c1. The fourth-order valence-electron chi connectivity index (χ4n) is 3.69. The lowest BCUT2D eigenvalue weighted by molar-refractivity contribution is 0.954. The minimum absolute atomic E-state index is 0.502. The highest BCUT2D eigenvalue weighted by molar-refractivity contribution is 6.30. The minimum Gasteiger partial charge on any atom is -0.337 e. The molecule has 0 aliphatic rings. The van der Waals surface area contributed by atoms with Crippen molar-refractivity contribution in [2.24, 2.45) is 0 Å². The molecule has 0 bridgehead atoms. The number of rotatable bonds is 3. The van der Waals surface area contributed by atoms with Gasteiger partial charge in [0.15, 0.2) is 0 Å². The molecule has 0 radical (unpaired) electrons. The highest BCUT2D eigenvalue weighted by Crippen LogP contribution is 2.28. The Morgan fingerprint density at radius 2 is 1.90 bits per heavy atom. The maximum Gasteiger partial charge on any atom is 0.149 e. The van der Waals surface area contributed by atoms with Crippen LogP contribution in [0.1, 0.15) is 33.9 Å². The summed E-state index contributed by atoms with van der Waals surface area (Å²) in [6, 6.07) is 16.3. The molecular formula is C24H21ClN4.